The molecule has 0 aliphatic heterocycles. The van der Waals surface area contributed by atoms with Crippen LogP contribution in [0.4, 0.5) is 5.69 Å². The zero-order valence-electron chi connectivity index (χ0n) is 11.1. The highest BCUT2D eigenvalue weighted by atomic mass is 35.5. The Kier molecular flexibility index (Phi) is 4.96. The van der Waals surface area contributed by atoms with Gasteiger partial charge >= 0.3 is 0 Å². The Balaban J connectivity index is 2.04. The van der Waals surface area contributed by atoms with E-state index in [1.807, 2.05) is 24.3 Å². The standard InChI is InChI=1S/C14H19ClN4/c1-19(8-5-16)9-7-18-13-4-6-17-14-10-11(15)2-3-12(13)14/h2-4,6,10H,5,7-9,16H2,1H3,(H,17,18). The van der Waals surface area contributed by atoms with Gasteiger partial charge in [-0.1, -0.05) is 11.6 Å². The van der Waals surface area contributed by atoms with Crippen LogP contribution in [0.25, 0.3) is 10.9 Å². The predicted molar refractivity (Wildman–Crippen MR) is 81.8 cm³/mol. The predicted octanol–water partition coefficient (Wildman–Crippen LogP) is 2.19. The minimum absolute atomic E-state index is 0.688. The van der Waals surface area contributed by atoms with Crippen molar-refractivity contribution >= 4 is 28.2 Å². The van der Waals surface area contributed by atoms with E-state index in [9.17, 15) is 0 Å². The van der Waals surface area contributed by atoms with Crippen molar-refractivity contribution in [1.82, 2.24) is 9.88 Å². The number of pyridine rings is 1. The van der Waals surface area contributed by atoms with Gasteiger partial charge in [0.2, 0.25) is 0 Å². The maximum Gasteiger partial charge on any atom is 0.0737 e. The van der Waals surface area contributed by atoms with E-state index in [2.05, 4.69) is 22.2 Å². The molecule has 0 aliphatic carbocycles. The molecule has 102 valence electrons. The summed E-state index contributed by atoms with van der Waals surface area (Å²) in [6.45, 7) is 3.43. The Morgan fingerprint density at radius 1 is 1.32 bits per heavy atom. The number of nitrogens with zero attached hydrogens (tertiary/aromatic N) is 2. The molecule has 3 N–H and O–H groups in total. The topological polar surface area (TPSA) is 54.2 Å². The third-order valence-corrected chi connectivity index (χ3v) is 3.26. The number of hydrogen-bond acceptors (Lipinski definition) is 4. The summed E-state index contributed by atoms with van der Waals surface area (Å²) in [6, 6.07) is 7.75. The molecule has 5 heteroatoms. The Bertz CT molecular complexity index is 544. The number of likely N-dealkylation sites (N-methyl/N-ethyl adjacent to an activating group) is 1. The lowest BCUT2D eigenvalue weighted by Crippen LogP contribution is -2.30. The zero-order valence-corrected chi connectivity index (χ0v) is 11.8. The SMILES string of the molecule is CN(CCN)CCNc1ccnc2cc(Cl)ccc12. The largest absolute Gasteiger partial charge is 0.383 e. The third-order valence-electron chi connectivity index (χ3n) is 3.02. The van der Waals surface area contributed by atoms with Crippen LogP contribution in [0.3, 0.4) is 0 Å². The molecule has 0 saturated carbocycles. The van der Waals surface area contributed by atoms with Gasteiger partial charge in [0.05, 0.1) is 5.52 Å². The van der Waals surface area contributed by atoms with E-state index in [4.69, 9.17) is 17.3 Å². The molecule has 0 atom stereocenters. The second-order valence-corrected chi connectivity index (χ2v) is 4.98. The van der Waals surface area contributed by atoms with Gasteiger partial charge in [0, 0.05) is 48.5 Å². The fraction of sp³-hybridized carbons (Fsp3) is 0.357. The zero-order chi connectivity index (χ0) is 13.7. The van der Waals surface area contributed by atoms with Crippen molar-refractivity contribution in [1.29, 1.82) is 0 Å². The first-order chi connectivity index (χ1) is 9.20. The summed E-state index contributed by atoms with van der Waals surface area (Å²) in [5.74, 6) is 0. The van der Waals surface area contributed by atoms with Crippen molar-refractivity contribution in [2.45, 2.75) is 0 Å². The molecule has 0 fully saturated rings. The number of nitrogens with two attached hydrogens (primary N) is 1. The van der Waals surface area contributed by atoms with Gasteiger partial charge in [-0.2, -0.15) is 0 Å². The quantitative estimate of drug-likeness (QED) is 0.850. The normalized spacial score (nSPS) is 11.2. The summed E-state index contributed by atoms with van der Waals surface area (Å²) in [5.41, 5.74) is 7.51. The van der Waals surface area contributed by atoms with Crippen LogP contribution >= 0.6 is 11.6 Å². The number of hydrogen-bond donors (Lipinski definition) is 2. The molecule has 2 aromatic rings. The lowest BCUT2D eigenvalue weighted by atomic mass is 10.2. The maximum atomic E-state index is 5.97. The smallest absolute Gasteiger partial charge is 0.0737 e. The van der Waals surface area contributed by atoms with Crippen molar-refractivity contribution in [3.63, 3.8) is 0 Å². The molecular formula is C14H19ClN4. The Hall–Kier alpha value is -1.36. The first-order valence-electron chi connectivity index (χ1n) is 6.37. The lowest BCUT2D eigenvalue weighted by Gasteiger charge is -2.16. The number of aromatic nitrogens is 1. The van der Waals surface area contributed by atoms with Crippen LogP contribution in [0.2, 0.25) is 5.02 Å². The summed E-state index contributed by atoms with van der Waals surface area (Å²) in [6.07, 6.45) is 1.80. The number of halogens is 1. The molecule has 1 aromatic carbocycles. The van der Waals surface area contributed by atoms with Crippen LogP contribution in [0.5, 0.6) is 0 Å². The summed E-state index contributed by atoms with van der Waals surface area (Å²) in [4.78, 5) is 6.53. The molecule has 0 amide bonds. The van der Waals surface area contributed by atoms with E-state index in [0.717, 1.165) is 36.2 Å². The number of anilines is 1. The summed E-state index contributed by atoms with van der Waals surface area (Å²) in [7, 11) is 2.07. The van der Waals surface area contributed by atoms with Crippen LogP contribution in [0.15, 0.2) is 30.5 Å². The highest BCUT2D eigenvalue weighted by molar-refractivity contribution is 6.31. The van der Waals surface area contributed by atoms with Crippen molar-refractivity contribution in [2.24, 2.45) is 5.73 Å². The second kappa shape index (κ2) is 6.70. The van der Waals surface area contributed by atoms with E-state index < -0.39 is 0 Å². The van der Waals surface area contributed by atoms with Crippen LogP contribution in [0, 0.1) is 0 Å². The van der Waals surface area contributed by atoms with Crippen LogP contribution in [-0.2, 0) is 0 Å². The molecule has 19 heavy (non-hydrogen) atoms. The molecule has 0 unspecified atom stereocenters. The monoisotopic (exact) mass is 278 g/mol. The Morgan fingerprint density at radius 2 is 2.16 bits per heavy atom. The van der Waals surface area contributed by atoms with Gasteiger partial charge in [0.25, 0.3) is 0 Å². The molecule has 0 radical (unpaired) electrons. The van der Waals surface area contributed by atoms with Crippen molar-refractivity contribution < 1.29 is 0 Å². The molecule has 2 rings (SSSR count). The molecule has 4 nitrogen and oxygen atoms in total. The van der Waals surface area contributed by atoms with Gasteiger partial charge < -0.3 is 16.0 Å². The molecule has 0 spiro atoms. The second-order valence-electron chi connectivity index (χ2n) is 4.54. The van der Waals surface area contributed by atoms with Gasteiger partial charge in [-0.25, -0.2) is 0 Å². The van der Waals surface area contributed by atoms with Crippen molar-refractivity contribution in [3.05, 3.63) is 35.5 Å². The van der Waals surface area contributed by atoms with Gasteiger partial charge in [0.15, 0.2) is 0 Å². The Morgan fingerprint density at radius 3 is 2.95 bits per heavy atom. The highest BCUT2D eigenvalue weighted by Gasteiger charge is 2.03. The molecule has 1 heterocycles. The van der Waals surface area contributed by atoms with E-state index in [1.54, 1.807) is 6.20 Å². The first kappa shape index (κ1) is 14.1. The van der Waals surface area contributed by atoms with E-state index in [0.29, 0.717) is 11.6 Å². The fourth-order valence-corrected chi connectivity index (χ4v) is 2.16. The van der Waals surface area contributed by atoms with Gasteiger partial charge in [-0.05, 0) is 31.3 Å². The minimum atomic E-state index is 0.688. The average molecular weight is 279 g/mol. The highest BCUT2D eigenvalue weighted by Crippen LogP contribution is 2.24. The van der Waals surface area contributed by atoms with E-state index >= 15 is 0 Å². The van der Waals surface area contributed by atoms with E-state index in [1.165, 1.54) is 0 Å². The van der Waals surface area contributed by atoms with Crippen LogP contribution in [0.1, 0.15) is 0 Å². The van der Waals surface area contributed by atoms with Crippen molar-refractivity contribution in [2.75, 3.05) is 38.5 Å². The molecule has 1 aromatic heterocycles. The molecular weight excluding hydrogens is 260 g/mol. The number of rotatable bonds is 6. The summed E-state index contributed by atoms with van der Waals surface area (Å²) >= 11 is 5.97. The van der Waals surface area contributed by atoms with Crippen LogP contribution < -0.4 is 11.1 Å². The maximum absolute atomic E-state index is 5.97. The van der Waals surface area contributed by atoms with E-state index in [-0.39, 0.29) is 0 Å². The van der Waals surface area contributed by atoms with Gasteiger partial charge in [-0.15, -0.1) is 0 Å². The Labute approximate surface area is 118 Å². The van der Waals surface area contributed by atoms with Gasteiger partial charge in [-0.3, -0.25) is 4.98 Å². The van der Waals surface area contributed by atoms with Gasteiger partial charge in [0.1, 0.15) is 0 Å². The number of fused-ring (bicyclic) bond motifs is 1. The fourth-order valence-electron chi connectivity index (χ4n) is 1.99. The minimum Gasteiger partial charge on any atom is -0.383 e. The van der Waals surface area contributed by atoms with Crippen molar-refractivity contribution in [3.8, 4) is 0 Å². The summed E-state index contributed by atoms with van der Waals surface area (Å²) in [5, 5.41) is 5.23. The molecule has 0 saturated heterocycles. The number of benzene rings is 1. The molecule has 0 bridgehead atoms. The molecule has 0 aliphatic rings. The first-order valence-corrected chi connectivity index (χ1v) is 6.75. The van der Waals surface area contributed by atoms with Crippen LogP contribution in [-0.4, -0.2) is 43.1 Å². The summed E-state index contributed by atoms with van der Waals surface area (Å²) < 4.78 is 0. The lowest BCUT2D eigenvalue weighted by molar-refractivity contribution is 0.357. The average Bonchev–Trinajstić information content (AvgIpc) is 2.39. The number of nitrogens with one attached hydrogen (secondary N) is 1. The third kappa shape index (κ3) is 3.80.